The van der Waals surface area contributed by atoms with Crippen LogP contribution in [0.15, 0.2) is 36.7 Å². The van der Waals surface area contributed by atoms with Crippen molar-refractivity contribution in [3.8, 4) is 5.75 Å². The number of hydrogen-bond donors (Lipinski definition) is 2. The van der Waals surface area contributed by atoms with Gasteiger partial charge in [0.25, 0.3) is 5.91 Å². The lowest BCUT2D eigenvalue weighted by Crippen LogP contribution is -2.44. The van der Waals surface area contributed by atoms with Gasteiger partial charge in [-0.15, -0.1) is 0 Å². The zero-order valence-electron chi connectivity index (χ0n) is 23.1. The number of amides is 2. The molecule has 208 valence electrons. The number of anilines is 3. The fraction of sp³-hybridized carbons (Fsp3) is 0.419. The molecule has 9 heteroatoms. The van der Waals surface area contributed by atoms with Gasteiger partial charge in [-0.25, -0.2) is 9.97 Å². The highest BCUT2D eigenvalue weighted by Gasteiger charge is 2.52. The highest BCUT2D eigenvalue weighted by Crippen LogP contribution is 2.54. The number of ether oxygens (including phenoxy) is 1. The number of aromatic nitrogens is 2. The molecule has 8 nitrogen and oxygen atoms in total. The molecular weight excluding hydrogens is 526 g/mol. The predicted octanol–water partition coefficient (Wildman–Crippen LogP) is 6.66. The minimum atomic E-state index is -0.464. The van der Waals surface area contributed by atoms with Gasteiger partial charge in [-0.1, -0.05) is 43.0 Å². The smallest absolute Gasteiger partial charge is 0.255 e. The molecule has 40 heavy (non-hydrogen) atoms. The Kier molecular flexibility index (Phi) is 6.90. The van der Waals surface area contributed by atoms with Crippen LogP contribution in [0.4, 0.5) is 17.3 Å². The predicted molar refractivity (Wildman–Crippen MR) is 155 cm³/mol. The van der Waals surface area contributed by atoms with E-state index in [4.69, 9.17) is 16.3 Å². The molecule has 2 aromatic carbocycles. The van der Waals surface area contributed by atoms with E-state index in [0.29, 0.717) is 34.5 Å². The van der Waals surface area contributed by atoms with Crippen LogP contribution in [-0.2, 0) is 16.9 Å². The summed E-state index contributed by atoms with van der Waals surface area (Å²) in [4.78, 5) is 37.2. The number of nitrogens with one attached hydrogen (secondary N) is 2. The maximum atomic E-state index is 14.1. The third kappa shape index (κ3) is 4.58. The largest absolute Gasteiger partial charge is 0.497 e. The molecule has 1 spiro atoms. The highest BCUT2D eigenvalue weighted by atomic mass is 35.5. The zero-order chi connectivity index (χ0) is 28.0. The average molecular weight is 560 g/mol. The molecule has 0 bridgehead atoms. The number of rotatable bonds is 7. The van der Waals surface area contributed by atoms with E-state index >= 15 is 0 Å². The molecule has 6 rings (SSSR count). The molecule has 2 aliphatic carbocycles. The van der Waals surface area contributed by atoms with Gasteiger partial charge in [-0.3, -0.25) is 9.59 Å². The van der Waals surface area contributed by atoms with E-state index in [2.05, 4.69) is 20.6 Å². The van der Waals surface area contributed by atoms with Crippen LogP contribution in [0.2, 0.25) is 5.02 Å². The third-order valence-electron chi connectivity index (χ3n) is 8.61. The Balaban J connectivity index is 1.37. The summed E-state index contributed by atoms with van der Waals surface area (Å²) in [5.41, 5.74) is 4.53. The maximum absolute atomic E-state index is 14.1. The highest BCUT2D eigenvalue weighted by molar-refractivity contribution is 6.35. The van der Waals surface area contributed by atoms with Gasteiger partial charge in [0, 0.05) is 29.2 Å². The van der Waals surface area contributed by atoms with Crippen molar-refractivity contribution >= 4 is 40.7 Å². The Morgan fingerprint density at radius 3 is 2.48 bits per heavy atom. The zero-order valence-corrected chi connectivity index (χ0v) is 23.9. The van der Waals surface area contributed by atoms with Gasteiger partial charge in [0.05, 0.1) is 23.4 Å². The molecule has 0 unspecified atom stereocenters. The van der Waals surface area contributed by atoms with E-state index in [-0.39, 0.29) is 17.7 Å². The Morgan fingerprint density at radius 1 is 1.10 bits per heavy atom. The number of fused-ring (bicyclic) bond motifs is 2. The first-order valence-electron chi connectivity index (χ1n) is 14.0. The van der Waals surface area contributed by atoms with Crippen LogP contribution in [0.5, 0.6) is 5.75 Å². The van der Waals surface area contributed by atoms with Gasteiger partial charge >= 0.3 is 0 Å². The molecule has 2 amide bonds. The van der Waals surface area contributed by atoms with Crippen molar-refractivity contribution in [1.82, 2.24) is 14.9 Å². The summed E-state index contributed by atoms with van der Waals surface area (Å²) in [6.45, 7) is 4.35. The second kappa shape index (κ2) is 10.4. The molecule has 0 saturated heterocycles. The fourth-order valence-electron chi connectivity index (χ4n) is 6.25. The Hall–Kier alpha value is -3.65. The minimum absolute atomic E-state index is 0.00568. The number of carbonyl (C=O) groups is 2. The van der Waals surface area contributed by atoms with Gasteiger partial charge < -0.3 is 20.3 Å². The first-order valence-corrected chi connectivity index (χ1v) is 14.4. The third-order valence-corrected chi connectivity index (χ3v) is 9.00. The first-order chi connectivity index (χ1) is 19.3. The fourth-order valence-corrected chi connectivity index (χ4v) is 6.62. The number of aryl methyl sites for hydroxylation is 1. The van der Waals surface area contributed by atoms with Crippen molar-refractivity contribution in [3.05, 3.63) is 69.5 Å². The van der Waals surface area contributed by atoms with Crippen LogP contribution < -0.4 is 15.4 Å². The molecule has 3 aromatic rings. The number of nitrogens with zero attached hydrogens (tertiary/aromatic N) is 3. The number of carbonyl (C=O) groups excluding carboxylic acids is 2. The second-order valence-electron chi connectivity index (χ2n) is 11.2. The molecule has 2 saturated carbocycles. The van der Waals surface area contributed by atoms with Gasteiger partial charge in [0.15, 0.2) is 0 Å². The molecule has 2 heterocycles. The van der Waals surface area contributed by atoms with E-state index in [1.54, 1.807) is 7.11 Å². The van der Waals surface area contributed by atoms with Crippen LogP contribution >= 0.6 is 11.6 Å². The average Bonchev–Trinajstić information content (AvgIpc) is 3.79. The standard InChI is InChI=1S/C31H34ClN5O3/c1-18-15-23(35-27-19(2)28(34-17-33-27)36-29(38)21-9-10-21)26(32)25-24(18)30(39)37(31(25)13-5-4-6-14-31)16-20-7-11-22(40-3)12-8-20/h7-8,11-12,15,17,21H,4-6,9-10,13-14,16H2,1-3H3,(H2,33,34,35,36,38). The van der Waals surface area contributed by atoms with Gasteiger partial charge in [0.1, 0.15) is 23.7 Å². The number of halogens is 1. The van der Waals surface area contributed by atoms with Gasteiger partial charge in [-0.05, 0) is 68.9 Å². The lowest BCUT2D eigenvalue weighted by atomic mass is 9.75. The molecular formula is C31H34ClN5O3. The van der Waals surface area contributed by atoms with Crippen LogP contribution in [0.3, 0.4) is 0 Å². The van der Waals surface area contributed by atoms with Crippen LogP contribution in [0, 0.1) is 19.8 Å². The molecule has 2 N–H and O–H groups in total. The van der Waals surface area contributed by atoms with Gasteiger partial charge in [0.2, 0.25) is 5.91 Å². The minimum Gasteiger partial charge on any atom is -0.497 e. The van der Waals surface area contributed by atoms with Crippen molar-refractivity contribution in [3.63, 3.8) is 0 Å². The molecule has 3 aliphatic rings. The Morgan fingerprint density at radius 2 is 1.80 bits per heavy atom. The van der Waals surface area contributed by atoms with E-state index in [9.17, 15) is 9.59 Å². The summed E-state index contributed by atoms with van der Waals surface area (Å²) in [7, 11) is 1.65. The number of methoxy groups -OCH3 is 1. The summed E-state index contributed by atoms with van der Waals surface area (Å²) < 4.78 is 5.33. The Bertz CT molecular complexity index is 1480. The topological polar surface area (TPSA) is 96.4 Å². The van der Waals surface area contributed by atoms with E-state index in [1.165, 1.54) is 6.33 Å². The SMILES string of the molecule is COc1ccc(CN2C(=O)c3c(C)cc(Nc4ncnc(NC(=O)C5CC5)c4C)c(Cl)c3C23CCCCC3)cc1. The summed E-state index contributed by atoms with van der Waals surface area (Å²) in [6.07, 6.45) is 8.23. The van der Waals surface area contributed by atoms with Crippen LogP contribution in [0.25, 0.3) is 0 Å². The molecule has 2 fully saturated rings. The van der Waals surface area contributed by atoms with E-state index in [0.717, 1.165) is 72.9 Å². The van der Waals surface area contributed by atoms with E-state index < -0.39 is 5.54 Å². The lowest BCUT2D eigenvalue weighted by molar-refractivity contribution is -0.117. The van der Waals surface area contributed by atoms with Crippen molar-refractivity contribution in [2.45, 2.75) is 70.9 Å². The van der Waals surface area contributed by atoms with Crippen molar-refractivity contribution < 1.29 is 14.3 Å². The van der Waals surface area contributed by atoms with Crippen molar-refractivity contribution in [2.75, 3.05) is 17.7 Å². The molecule has 1 aromatic heterocycles. The summed E-state index contributed by atoms with van der Waals surface area (Å²) >= 11 is 7.23. The van der Waals surface area contributed by atoms with Crippen LogP contribution in [0.1, 0.15) is 77.6 Å². The second-order valence-corrected chi connectivity index (χ2v) is 11.6. The summed E-state index contributed by atoms with van der Waals surface area (Å²) in [5.74, 6) is 1.95. The maximum Gasteiger partial charge on any atom is 0.255 e. The first kappa shape index (κ1) is 26.6. The Labute approximate surface area is 239 Å². The molecule has 0 atom stereocenters. The molecule has 1 aliphatic heterocycles. The molecule has 0 radical (unpaired) electrons. The summed E-state index contributed by atoms with van der Waals surface area (Å²) in [6, 6.07) is 9.83. The summed E-state index contributed by atoms with van der Waals surface area (Å²) in [5, 5.41) is 6.89. The van der Waals surface area contributed by atoms with Crippen LogP contribution in [-0.4, -0.2) is 33.8 Å². The van der Waals surface area contributed by atoms with Gasteiger partial charge in [-0.2, -0.15) is 0 Å². The van der Waals surface area contributed by atoms with Crippen molar-refractivity contribution in [2.24, 2.45) is 5.92 Å². The van der Waals surface area contributed by atoms with E-state index in [1.807, 2.05) is 49.1 Å². The monoisotopic (exact) mass is 559 g/mol. The van der Waals surface area contributed by atoms with Crippen molar-refractivity contribution in [1.29, 1.82) is 0 Å². The quantitative estimate of drug-likeness (QED) is 0.336. The number of benzene rings is 2. The number of hydrogen-bond acceptors (Lipinski definition) is 6. The lowest BCUT2D eigenvalue weighted by Gasteiger charge is -2.43. The normalized spacial score (nSPS) is 17.6.